The van der Waals surface area contributed by atoms with Crippen molar-refractivity contribution in [3.63, 3.8) is 0 Å². The summed E-state index contributed by atoms with van der Waals surface area (Å²) in [5.41, 5.74) is 0.867. The van der Waals surface area contributed by atoms with Gasteiger partial charge in [-0.1, -0.05) is 0 Å². The Kier molecular flexibility index (Phi) is 12.5. The van der Waals surface area contributed by atoms with Crippen molar-refractivity contribution in [2.75, 3.05) is 41.0 Å². The predicted molar refractivity (Wildman–Crippen MR) is 132 cm³/mol. The van der Waals surface area contributed by atoms with E-state index in [-0.39, 0.29) is 42.9 Å². The van der Waals surface area contributed by atoms with Crippen LogP contribution in [0.15, 0.2) is 41.4 Å². The van der Waals surface area contributed by atoms with Gasteiger partial charge in [-0.3, -0.25) is 0 Å². The van der Waals surface area contributed by atoms with Crippen molar-refractivity contribution in [3.05, 3.63) is 47.8 Å². The molecule has 0 bridgehead atoms. The molecule has 0 saturated heterocycles. The molecule has 0 heterocycles. The highest BCUT2D eigenvalue weighted by molar-refractivity contribution is 14.0. The molecule has 0 aliphatic heterocycles. The maximum Gasteiger partial charge on any atom is 0.203 e. The highest BCUT2D eigenvalue weighted by Crippen LogP contribution is 2.38. The van der Waals surface area contributed by atoms with Gasteiger partial charge in [0, 0.05) is 13.1 Å². The van der Waals surface area contributed by atoms with Gasteiger partial charge in [0.25, 0.3) is 0 Å². The van der Waals surface area contributed by atoms with Crippen LogP contribution in [0.3, 0.4) is 0 Å². The second kappa shape index (κ2) is 14.6. The summed E-state index contributed by atoms with van der Waals surface area (Å²) in [5.74, 6) is 2.32. The summed E-state index contributed by atoms with van der Waals surface area (Å²) in [5, 5.41) is 16.4. The lowest BCUT2D eigenvalue weighted by molar-refractivity contribution is 0.110. The van der Waals surface area contributed by atoms with Crippen LogP contribution in [0.25, 0.3) is 0 Å². The molecule has 0 amide bonds. The van der Waals surface area contributed by atoms with E-state index >= 15 is 0 Å². The molecule has 0 radical (unpaired) electrons. The number of nitrogens with one attached hydrogen (secondary N) is 2. The molecule has 0 aliphatic carbocycles. The van der Waals surface area contributed by atoms with Crippen molar-refractivity contribution >= 4 is 29.9 Å². The van der Waals surface area contributed by atoms with Gasteiger partial charge < -0.3 is 34.7 Å². The molecule has 3 N–H and O–H groups in total. The number of benzene rings is 2. The maximum absolute atomic E-state index is 12.9. The molecule has 178 valence electrons. The van der Waals surface area contributed by atoms with Crippen LogP contribution in [0.5, 0.6) is 23.0 Å². The lowest BCUT2D eigenvalue weighted by Gasteiger charge is -2.16. The molecule has 0 saturated carbocycles. The third-order valence-electron chi connectivity index (χ3n) is 4.25. The summed E-state index contributed by atoms with van der Waals surface area (Å²) >= 11 is 0. The zero-order valence-corrected chi connectivity index (χ0v) is 21.0. The van der Waals surface area contributed by atoms with E-state index in [9.17, 15) is 9.50 Å². The number of rotatable bonds is 11. The van der Waals surface area contributed by atoms with Crippen LogP contribution in [0.2, 0.25) is 0 Å². The molecule has 10 heteroatoms. The first kappa shape index (κ1) is 27.6. The van der Waals surface area contributed by atoms with Crippen LogP contribution in [0.4, 0.5) is 4.39 Å². The number of aliphatic hydroxyl groups excluding tert-OH is 1. The number of guanidine groups is 1. The molecular formula is C22H31FIN3O5. The Hall–Kier alpha value is -2.47. The monoisotopic (exact) mass is 563 g/mol. The second-order valence-corrected chi connectivity index (χ2v) is 6.53. The Morgan fingerprint density at radius 1 is 1.03 bits per heavy atom. The average Bonchev–Trinajstić information content (AvgIpc) is 2.79. The van der Waals surface area contributed by atoms with Gasteiger partial charge in [0.15, 0.2) is 17.5 Å². The fourth-order valence-electron chi connectivity index (χ4n) is 2.74. The number of halogens is 2. The summed E-state index contributed by atoms with van der Waals surface area (Å²) in [7, 11) is 4.67. The Morgan fingerprint density at radius 3 is 2.19 bits per heavy atom. The SMILES string of the molecule is CCNC(=NCc1cc(OC)c(OC)c(OC)c1)NCC(O)COc1ccc(F)cc1.I. The Balaban J connectivity index is 0.00000512. The molecule has 2 rings (SSSR count). The zero-order valence-electron chi connectivity index (χ0n) is 18.7. The number of methoxy groups -OCH3 is 3. The Morgan fingerprint density at radius 2 is 1.66 bits per heavy atom. The third kappa shape index (κ3) is 8.58. The van der Waals surface area contributed by atoms with Gasteiger partial charge in [0.2, 0.25) is 5.75 Å². The van der Waals surface area contributed by atoms with Crippen LogP contribution in [0.1, 0.15) is 12.5 Å². The van der Waals surface area contributed by atoms with Crippen molar-refractivity contribution in [2.24, 2.45) is 4.99 Å². The number of aliphatic imine (C=N–C) groups is 1. The van der Waals surface area contributed by atoms with E-state index in [0.717, 1.165) is 5.56 Å². The molecule has 0 aromatic heterocycles. The molecular weight excluding hydrogens is 532 g/mol. The lowest BCUT2D eigenvalue weighted by atomic mass is 10.2. The summed E-state index contributed by atoms with van der Waals surface area (Å²) in [4.78, 5) is 4.54. The number of ether oxygens (including phenoxy) is 4. The third-order valence-corrected chi connectivity index (χ3v) is 4.25. The second-order valence-electron chi connectivity index (χ2n) is 6.53. The lowest BCUT2D eigenvalue weighted by Crippen LogP contribution is -2.42. The first-order chi connectivity index (χ1) is 15.0. The molecule has 0 aliphatic rings. The highest BCUT2D eigenvalue weighted by Gasteiger charge is 2.13. The molecule has 1 atom stereocenters. The van der Waals surface area contributed by atoms with Crippen LogP contribution >= 0.6 is 24.0 Å². The van der Waals surface area contributed by atoms with Gasteiger partial charge in [-0.15, -0.1) is 24.0 Å². The van der Waals surface area contributed by atoms with Gasteiger partial charge in [-0.25, -0.2) is 9.38 Å². The zero-order chi connectivity index (χ0) is 22.6. The van der Waals surface area contributed by atoms with E-state index in [2.05, 4.69) is 15.6 Å². The van der Waals surface area contributed by atoms with Crippen molar-refractivity contribution < 1.29 is 28.4 Å². The number of hydrogen-bond donors (Lipinski definition) is 3. The average molecular weight is 563 g/mol. The van der Waals surface area contributed by atoms with Gasteiger partial charge in [-0.05, 0) is 48.9 Å². The minimum atomic E-state index is -0.782. The minimum Gasteiger partial charge on any atom is -0.493 e. The topological polar surface area (TPSA) is 93.6 Å². The first-order valence-corrected chi connectivity index (χ1v) is 9.88. The molecule has 1 unspecified atom stereocenters. The summed E-state index contributed by atoms with van der Waals surface area (Å²) in [6.45, 7) is 3.25. The van der Waals surface area contributed by atoms with Gasteiger partial charge >= 0.3 is 0 Å². The molecule has 32 heavy (non-hydrogen) atoms. The van der Waals surface area contributed by atoms with Gasteiger partial charge in [0.05, 0.1) is 27.9 Å². The van der Waals surface area contributed by atoms with Crippen LogP contribution in [0, 0.1) is 5.82 Å². The highest BCUT2D eigenvalue weighted by atomic mass is 127. The van der Waals surface area contributed by atoms with Crippen LogP contribution < -0.4 is 29.6 Å². The summed E-state index contributed by atoms with van der Waals surface area (Å²) in [6, 6.07) is 9.30. The number of hydrogen-bond acceptors (Lipinski definition) is 6. The smallest absolute Gasteiger partial charge is 0.203 e. The van der Waals surface area contributed by atoms with Gasteiger partial charge in [-0.2, -0.15) is 0 Å². The maximum atomic E-state index is 12.9. The fourth-order valence-corrected chi connectivity index (χ4v) is 2.74. The van der Waals surface area contributed by atoms with Crippen molar-refractivity contribution in [2.45, 2.75) is 19.6 Å². The molecule has 8 nitrogen and oxygen atoms in total. The number of aliphatic hydroxyl groups is 1. The fraction of sp³-hybridized carbons (Fsp3) is 0.409. The van der Waals surface area contributed by atoms with E-state index in [1.54, 1.807) is 21.3 Å². The summed E-state index contributed by atoms with van der Waals surface area (Å²) in [6.07, 6.45) is -0.782. The normalized spacial score (nSPS) is 11.8. The van der Waals surface area contributed by atoms with E-state index in [1.165, 1.54) is 24.3 Å². The molecule has 0 spiro atoms. The molecule has 0 fully saturated rings. The van der Waals surface area contributed by atoms with Crippen molar-refractivity contribution in [3.8, 4) is 23.0 Å². The van der Waals surface area contributed by atoms with Crippen LogP contribution in [-0.2, 0) is 6.54 Å². The van der Waals surface area contributed by atoms with E-state index in [0.29, 0.717) is 42.0 Å². The summed E-state index contributed by atoms with van der Waals surface area (Å²) < 4.78 is 34.5. The Labute approximate surface area is 205 Å². The van der Waals surface area contributed by atoms with Crippen LogP contribution in [-0.4, -0.2) is 58.2 Å². The largest absolute Gasteiger partial charge is 0.493 e. The predicted octanol–water partition coefficient (Wildman–Crippen LogP) is 2.96. The standard InChI is InChI=1S/C22H30FN3O5.HI/c1-5-24-22(26-13-17(27)14-31-18-8-6-16(23)7-9-18)25-12-15-10-19(28-2)21(30-4)20(11-15)29-3;/h6-11,17,27H,5,12-14H2,1-4H3,(H2,24,25,26);1H. The van der Waals surface area contributed by atoms with E-state index in [1.807, 2.05) is 19.1 Å². The van der Waals surface area contributed by atoms with Gasteiger partial charge in [0.1, 0.15) is 24.3 Å². The minimum absolute atomic E-state index is 0. The van der Waals surface area contributed by atoms with E-state index < -0.39 is 6.10 Å². The molecule has 2 aromatic rings. The number of nitrogens with zero attached hydrogens (tertiary/aromatic N) is 1. The van der Waals surface area contributed by atoms with Crippen molar-refractivity contribution in [1.82, 2.24) is 10.6 Å². The Bertz CT molecular complexity index is 827. The molecule has 2 aromatic carbocycles. The van der Waals surface area contributed by atoms with E-state index in [4.69, 9.17) is 18.9 Å². The van der Waals surface area contributed by atoms with Crippen molar-refractivity contribution in [1.29, 1.82) is 0 Å². The first-order valence-electron chi connectivity index (χ1n) is 9.88. The quantitative estimate of drug-likeness (QED) is 0.220.